The number of benzene rings is 1. The number of rotatable bonds is 9. The summed E-state index contributed by atoms with van der Waals surface area (Å²) < 4.78 is 65.9. The van der Waals surface area contributed by atoms with Crippen molar-refractivity contribution in [3.05, 3.63) is 44.0 Å². The highest BCUT2D eigenvalue weighted by Crippen LogP contribution is 2.48. The van der Waals surface area contributed by atoms with Crippen molar-refractivity contribution in [3.8, 4) is 5.75 Å². The number of alkyl halides is 3. The summed E-state index contributed by atoms with van der Waals surface area (Å²) in [4.78, 5) is 38.2. The number of aryl methyl sites for hydroxylation is 1. The highest BCUT2D eigenvalue weighted by atomic mass is 35.5. The highest BCUT2D eigenvalue weighted by Gasteiger charge is 2.68. The Morgan fingerprint density at radius 1 is 1.21 bits per heavy atom. The molecule has 1 aliphatic heterocycles. The topological polar surface area (TPSA) is 133 Å². The Labute approximate surface area is 189 Å². The maximum atomic E-state index is 14.2. The number of methoxy groups -OCH3 is 1. The van der Waals surface area contributed by atoms with Crippen molar-refractivity contribution < 1.29 is 56.4 Å². The van der Waals surface area contributed by atoms with Gasteiger partial charge in [-0.15, -0.1) is 10.1 Å². The van der Waals surface area contributed by atoms with Crippen LogP contribution in [0.2, 0.25) is 5.02 Å². The van der Waals surface area contributed by atoms with Crippen LogP contribution in [0.4, 0.5) is 18.0 Å². The molecule has 0 N–H and O–H groups in total. The van der Waals surface area contributed by atoms with Crippen LogP contribution in [0.15, 0.2) is 17.7 Å². The van der Waals surface area contributed by atoms with Gasteiger partial charge in [0.25, 0.3) is 5.09 Å². The van der Waals surface area contributed by atoms with Crippen molar-refractivity contribution in [1.29, 1.82) is 0 Å². The maximum Gasteiger partial charge on any atom is 0.512 e. The van der Waals surface area contributed by atoms with Crippen LogP contribution in [-0.2, 0) is 28.6 Å². The van der Waals surface area contributed by atoms with Gasteiger partial charge in [-0.3, -0.25) is 0 Å². The van der Waals surface area contributed by atoms with Crippen molar-refractivity contribution in [3.63, 3.8) is 0 Å². The molecule has 0 aromatic heterocycles. The van der Waals surface area contributed by atoms with E-state index >= 15 is 0 Å². The number of hydrogen-bond donors (Lipinski definition) is 0. The molecule has 11 nitrogen and oxygen atoms in total. The molecule has 33 heavy (non-hydrogen) atoms. The molecule has 1 atom stereocenters. The fourth-order valence-electron chi connectivity index (χ4n) is 2.70. The molecular formula is C18H17ClF3NO10. The molecule has 0 bridgehead atoms. The third-order valence-electron chi connectivity index (χ3n) is 4.05. The highest BCUT2D eigenvalue weighted by molar-refractivity contribution is 6.30. The fraction of sp³-hybridized carbons (Fsp3) is 0.444. The van der Waals surface area contributed by atoms with Gasteiger partial charge in [-0.25, -0.2) is 9.59 Å². The summed E-state index contributed by atoms with van der Waals surface area (Å²) >= 11 is 5.92. The SMILES string of the molecule is COC(=O)C1=Cc2cc(Cl)cc(C)c2O[C@]1(OC(=O)OCCOCCO[N+](=O)[O-])C(F)(F)F. The Morgan fingerprint density at radius 3 is 2.48 bits per heavy atom. The minimum atomic E-state index is -5.44. The molecular weight excluding hydrogens is 483 g/mol. The molecule has 0 saturated carbocycles. The van der Waals surface area contributed by atoms with Crippen molar-refractivity contribution in [2.75, 3.05) is 33.5 Å². The summed E-state index contributed by atoms with van der Waals surface area (Å²) in [5.74, 6) is -5.67. The normalized spacial score (nSPS) is 17.2. The van der Waals surface area contributed by atoms with Gasteiger partial charge in [-0.2, -0.15) is 13.2 Å². The van der Waals surface area contributed by atoms with Gasteiger partial charge >= 0.3 is 24.1 Å². The first-order valence-electron chi connectivity index (χ1n) is 8.98. The van der Waals surface area contributed by atoms with Crippen LogP contribution >= 0.6 is 11.6 Å². The van der Waals surface area contributed by atoms with Gasteiger partial charge in [0, 0.05) is 10.6 Å². The summed E-state index contributed by atoms with van der Waals surface area (Å²) in [6.45, 7) is -0.160. The van der Waals surface area contributed by atoms with Crippen LogP contribution in [0.1, 0.15) is 11.1 Å². The molecule has 0 radical (unpaired) electrons. The van der Waals surface area contributed by atoms with Crippen LogP contribution in [-0.4, -0.2) is 62.7 Å². The van der Waals surface area contributed by atoms with Crippen molar-refractivity contribution in [2.45, 2.75) is 18.9 Å². The zero-order valence-electron chi connectivity index (χ0n) is 17.1. The Bertz CT molecular complexity index is 952. The van der Waals surface area contributed by atoms with E-state index in [1.807, 2.05) is 0 Å². The molecule has 182 valence electrons. The number of fused-ring (bicyclic) bond motifs is 1. The number of ether oxygens (including phenoxy) is 5. The second-order valence-electron chi connectivity index (χ2n) is 6.28. The third kappa shape index (κ3) is 6.16. The molecule has 2 rings (SSSR count). The molecule has 1 aromatic carbocycles. The zero-order chi connectivity index (χ0) is 24.8. The molecule has 15 heteroatoms. The van der Waals surface area contributed by atoms with Crippen LogP contribution in [0.5, 0.6) is 5.75 Å². The summed E-state index contributed by atoms with van der Waals surface area (Å²) in [5.41, 5.74) is -0.965. The van der Waals surface area contributed by atoms with E-state index in [4.69, 9.17) is 21.1 Å². The van der Waals surface area contributed by atoms with E-state index in [1.165, 1.54) is 19.1 Å². The fourth-order valence-corrected chi connectivity index (χ4v) is 2.98. The average Bonchev–Trinajstić information content (AvgIpc) is 2.71. The van der Waals surface area contributed by atoms with E-state index < -0.39 is 48.0 Å². The Morgan fingerprint density at radius 2 is 1.88 bits per heavy atom. The number of hydrogen-bond acceptors (Lipinski definition) is 10. The van der Waals surface area contributed by atoms with E-state index in [9.17, 15) is 32.9 Å². The van der Waals surface area contributed by atoms with E-state index in [2.05, 4.69) is 19.0 Å². The van der Waals surface area contributed by atoms with Gasteiger partial charge in [0.1, 0.15) is 24.5 Å². The summed E-state index contributed by atoms with van der Waals surface area (Å²) in [5, 5.41) is 9.10. The number of esters is 1. The molecule has 0 unspecified atom stereocenters. The lowest BCUT2D eigenvalue weighted by Gasteiger charge is -2.38. The lowest BCUT2D eigenvalue weighted by molar-refractivity contribution is -0.758. The first-order valence-corrected chi connectivity index (χ1v) is 9.36. The molecule has 1 heterocycles. The Balaban J connectivity index is 2.23. The first-order chi connectivity index (χ1) is 15.4. The first kappa shape index (κ1) is 26.0. The number of nitrogens with zero attached hydrogens (tertiary/aromatic N) is 1. The van der Waals surface area contributed by atoms with Crippen molar-refractivity contribution in [2.24, 2.45) is 0 Å². The van der Waals surface area contributed by atoms with Gasteiger partial charge in [-0.1, -0.05) is 11.6 Å². The second kappa shape index (κ2) is 10.6. The molecule has 0 aliphatic carbocycles. The van der Waals surface area contributed by atoms with Gasteiger partial charge in [-0.05, 0) is 30.7 Å². The standard InChI is InChI=1S/C18H17ClF3NO10/c1-10-7-12(19)8-11-9-13(15(24)28-2)17(18(20,21)22,32-14(10)11)33-16(25)30-5-3-29-4-6-31-23(26)27/h7-9H,3-6H2,1-2H3/t17-/m1/s1. The average molecular weight is 500 g/mol. The van der Waals surface area contributed by atoms with Gasteiger partial charge in [0.15, 0.2) is 0 Å². The summed E-state index contributed by atoms with van der Waals surface area (Å²) in [7, 11) is 0.835. The zero-order valence-corrected chi connectivity index (χ0v) is 17.9. The van der Waals surface area contributed by atoms with E-state index in [0.717, 1.165) is 13.2 Å². The molecule has 0 spiro atoms. The molecule has 0 fully saturated rings. The van der Waals surface area contributed by atoms with Crippen LogP contribution < -0.4 is 4.74 Å². The van der Waals surface area contributed by atoms with Gasteiger partial charge < -0.3 is 28.5 Å². The van der Waals surface area contributed by atoms with Crippen LogP contribution in [0.25, 0.3) is 6.08 Å². The van der Waals surface area contributed by atoms with E-state index in [1.54, 1.807) is 0 Å². The quantitative estimate of drug-likeness (QED) is 0.216. The van der Waals surface area contributed by atoms with E-state index in [-0.39, 0.29) is 35.1 Å². The van der Waals surface area contributed by atoms with Gasteiger partial charge in [0.2, 0.25) is 0 Å². The largest absolute Gasteiger partial charge is 0.512 e. The number of halogens is 4. The molecule has 0 saturated heterocycles. The number of carbonyl (C=O) groups is 2. The van der Waals surface area contributed by atoms with Crippen molar-refractivity contribution in [1.82, 2.24) is 0 Å². The second-order valence-corrected chi connectivity index (χ2v) is 6.71. The minimum absolute atomic E-state index is 0.0302. The maximum absolute atomic E-state index is 14.2. The smallest absolute Gasteiger partial charge is 0.465 e. The lowest BCUT2D eigenvalue weighted by atomic mass is 9.96. The molecule has 1 aromatic rings. The molecule has 1 aliphatic rings. The summed E-state index contributed by atoms with van der Waals surface area (Å²) in [6.07, 6.45) is -6.48. The van der Waals surface area contributed by atoms with Crippen molar-refractivity contribution >= 4 is 29.8 Å². The Hall–Kier alpha value is -3.26. The predicted molar refractivity (Wildman–Crippen MR) is 102 cm³/mol. The predicted octanol–water partition coefficient (Wildman–Crippen LogP) is 3.23. The van der Waals surface area contributed by atoms with Crippen LogP contribution in [0, 0.1) is 17.0 Å². The third-order valence-corrected chi connectivity index (χ3v) is 4.26. The lowest BCUT2D eigenvalue weighted by Crippen LogP contribution is -2.58. The monoisotopic (exact) mass is 499 g/mol. The van der Waals surface area contributed by atoms with Gasteiger partial charge in [0.05, 0.1) is 20.3 Å². The molecule has 0 amide bonds. The summed E-state index contributed by atoms with van der Waals surface area (Å²) in [6, 6.07) is 2.57. The minimum Gasteiger partial charge on any atom is -0.465 e. The Kier molecular flexibility index (Phi) is 8.33. The van der Waals surface area contributed by atoms with E-state index in [0.29, 0.717) is 0 Å². The number of carbonyl (C=O) groups excluding carboxylic acids is 2. The van der Waals surface area contributed by atoms with Crippen LogP contribution in [0.3, 0.4) is 0 Å².